The number of carbonyl (C=O) groups excluding carboxylic acids is 2. The molecule has 3 aliphatic rings. The fourth-order valence-electron chi connectivity index (χ4n) is 3.75. The number of piperidine rings is 1. The fourth-order valence-corrected chi connectivity index (χ4v) is 3.75. The van der Waals surface area contributed by atoms with E-state index in [1.807, 2.05) is 15.9 Å². The second-order valence-electron chi connectivity index (χ2n) is 6.79. The highest BCUT2D eigenvalue weighted by atomic mass is 16.3. The molecular formula is C18H21N5O3. The SMILES string of the molecule is O=C(c1cnccn1)N1C[C@@H]2CC[C@H](C1)N(C(=O)NCc1ccco1)C2. The lowest BCUT2D eigenvalue weighted by atomic mass is 9.95. The molecule has 0 aromatic carbocycles. The van der Waals surface area contributed by atoms with Gasteiger partial charge in [0.15, 0.2) is 0 Å². The molecule has 8 nitrogen and oxygen atoms in total. The molecule has 8 heteroatoms. The second-order valence-corrected chi connectivity index (χ2v) is 6.79. The van der Waals surface area contributed by atoms with Crippen molar-refractivity contribution in [1.29, 1.82) is 0 Å². The number of rotatable bonds is 3. The van der Waals surface area contributed by atoms with E-state index in [-0.39, 0.29) is 23.9 Å². The largest absolute Gasteiger partial charge is 0.467 e. The summed E-state index contributed by atoms with van der Waals surface area (Å²) in [6, 6.07) is 3.54. The van der Waals surface area contributed by atoms with E-state index in [0.717, 1.165) is 18.6 Å². The van der Waals surface area contributed by atoms with Gasteiger partial charge in [-0.05, 0) is 30.9 Å². The van der Waals surface area contributed by atoms with E-state index >= 15 is 0 Å². The third kappa shape index (κ3) is 3.40. The van der Waals surface area contributed by atoms with Crippen molar-refractivity contribution < 1.29 is 14.0 Å². The first kappa shape index (κ1) is 16.6. The van der Waals surface area contributed by atoms with E-state index in [9.17, 15) is 9.59 Å². The Balaban J connectivity index is 1.43. The molecule has 136 valence electrons. The molecule has 0 radical (unpaired) electrons. The van der Waals surface area contributed by atoms with E-state index in [1.165, 1.54) is 12.4 Å². The van der Waals surface area contributed by atoms with Crippen LogP contribution in [0, 0.1) is 5.92 Å². The van der Waals surface area contributed by atoms with Crippen LogP contribution in [0.5, 0.6) is 0 Å². The lowest BCUT2D eigenvalue weighted by Crippen LogP contribution is -2.51. The van der Waals surface area contributed by atoms with Gasteiger partial charge in [0.1, 0.15) is 11.5 Å². The average Bonchev–Trinajstić information content (AvgIpc) is 3.04. The maximum absolute atomic E-state index is 12.7. The number of furan rings is 1. The Kier molecular flexibility index (Phi) is 4.55. The summed E-state index contributed by atoms with van der Waals surface area (Å²) in [5.74, 6) is 0.884. The van der Waals surface area contributed by atoms with Gasteiger partial charge in [-0.15, -0.1) is 0 Å². The quantitative estimate of drug-likeness (QED) is 0.901. The highest BCUT2D eigenvalue weighted by molar-refractivity contribution is 5.92. The third-order valence-electron chi connectivity index (χ3n) is 5.04. The van der Waals surface area contributed by atoms with Crippen molar-refractivity contribution in [1.82, 2.24) is 25.1 Å². The van der Waals surface area contributed by atoms with E-state index in [0.29, 0.717) is 31.9 Å². The summed E-state index contributed by atoms with van der Waals surface area (Å²) in [4.78, 5) is 37.1. The molecule has 26 heavy (non-hydrogen) atoms. The van der Waals surface area contributed by atoms with Gasteiger partial charge in [0.2, 0.25) is 0 Å². The maximum atomic E-state index is 12.7. The molecule has 5 rings (SSSR count). The molecule has 0 saturated carbocycles. The Bertz CT molecular complexity index is 764. The monoisotopic (exact) mass is 355 g/mol. The second kappa shape index (κ2) is 7.15. The molecular weight excluding hydrogens is 334 g/mol. The van der Waals surface area contributed by atoms with Gasteiger partial charge in [0, 0.05) is 32.0 Å². The molecule has 3 amide bonds. The number of carbonyl (C=O) groups is 2. The van der Waals surface area contributed by atoms with Crippen LogP contribution in [0.2, 0.25) is 0 Å². The number of nitrogens with one attached hydrogen (secondary N) is 1. The van der Waals surface area contributed by atoms with Gasteiger partial charge < -0.3 is 19.5 Å². The molecule has 0 spiro atoms. The van der Waals surface area contributed by atoms with Crippen LogP contribution in [0.3, 0.4) is 0 Å². The Hall–Kier alpha value is -2.90. The molecule has 3 saturated heterocycles. The summed E-state index contributed by atoms with van der Waals surface area (Å²) in [5.41, 5.74) is 0.350. The minimum atomic E-state index is -0.118. The van der Waals surface area contributed by atoms with Crippen LogP contribution in [-0.2, 0) is 6.54 Å². The standard InChI is InChI=1S/C18H21N5O3/c24-17(16-9-19-5-6-20-16)22-10-13-3-4-14(12-22)23(11-13)18(25)21-8-15-2-1-7-26-15/h1-2,5-7,9,13-14H,3-4,8,10-12H2,(H,21,25)/t13-,14+/m0/s1. The Morgan fingerprint density at radius 2 is 2.15 bits per heavy atom. The Morgan fingerprint density at radius 1 is 1.23 bits per heavy atom. The summed E-state index contributed by atoms with van der Waals surface area (Å²) < 4.78 is 5.26. The molecule has 2 bridgehead atoms. The van der Waals surface area contributed by atoms with Crippen molar-refractivity contribution >= 4 is 11.9 Å². The minimum Gasteiger partial charge on any atom is -0.467 e. The van der Waals surface area contributed by atoms with Crippen molar-refractivity contribution in [3.05, 3.63) is 48.4 Å². The zero-order valence-corrected chi connectivity index (χ0v) is 14.4. The number of amides is 3. The Morgan fingerprint density at radius 3 is 2.92 bits per heavy atom. The number of hydrogen-bond donors (Lipinski definition) is 1. The van der Waals surface area contributed by atoms with Crippen LogP contribution in [0.4, 0.5) is 4.79 Å². The molecule has 2 atom stereocenters. The van der Waals surface area contributed by atoms with Gasteiger partial charge in [-0.25, -0.2) is 9.78 Å². The predicted octanol–water partition coefficient (Wildman–Crippen LogP) is 1.52. The zero-order valence-electron chi connectivity index (χ0n) is 14.4. The summed E-state index contributed by atoms with van der Waals surface area (Å²) in [6.45, 7) is 2.20. The maximum Gasteiger partial charge on any atom is 0.318 e. The smallest absolute Gasteiger partial charge is 0.318 e. The van der Waals surface area contributed by atoms with Gasteiger partial charge in [-0.3, -0.25) is 9.78 Å². The summed E-state index contributed by atoms with van der Waals surface area (Å²) in [6.07, 6.45) is 8.08. The van der Waals surface area contributed by atoms with Gasteiger partial charge in [0.05, 0.1) is 25.0 Å². The van der Waals surface area contributed by atoms with Gasteiger partial charge >= 0.3 is 6.03 Å². The molecule has 3 aliphatic heterocycles. The molecule has 0 unspecified atom stereocenters. The van der Waals surface area contributed by atoms with Crippen molar-refractivity contribution in [3.8, 4) is 0 Å². The fraction of sp³-hybridized carbons (Fsp3) is 0.444. The molecule has 0 aliphatic carbocycles. The summed E-state index contributed by atoms with van der Waals surface area (Å²) >= 11 is 0. The first-order valence-electron chi connectivity index (χ1n) is 8.83. The van der Waals surface area contributed by atoms with Crippen LogP contribution >= 0.6 is 0 Å². The number of aromatic nitrogens is 2. The molecule has 3 fully saturated rings. The predicted molar refractivity (Wildman–Crippen MR) is 92.1 cm³/mol. The van der Waals surface area contributed by atoms with Gasteiger partial charge in [0.25, 0.3) is 5.91 Å². The third-order valence-corrected chi connectivity index (χ3v) is 5.04. The summed E-state index contributed by atoms with van der Waals surface area (Å²) in [7, 11) is 0. The van der Waals surface area contributed by atoms with E-state index in [4.69, 9.17) is 4.42 Å². The van der Waals surface area contributed by atoms with Crippen molar-refractivity contribution in [2.75, 3.05) is 19.6 Å². The van der Waals surface area contributed by atoms with Gasteiger partial charge in [-0.2, -0.15) is 0 Å². The summed E-state index contributed by atoms with van der Waals surface area (Å²) in [5, 5.41) is 2.91. The van der Waals surface area contributed by atoms with Crippen molar-refractivity contribution in [2.45, 2.75) is 25.4 Å². The number of hydrogen-bond acceptors (Lipinski definition) is 5. The number of urea groups is 1. The lowest BCUT2D eigenvalue weighted by Gasteiger charge is -2.35. The van der Waals surface area contributed by atoms with Crippen LogP contribution in [0.15, 0.2) is 41.4 Å². The first-order valence-corrected chi connectivity index (χ1v) is 8.83. The van der Waals surface area contributed by atoms with Crippen LogP contribution in [0.25, 0.3) is 0 Å². The first-order chi connectivity index (χ1) is 12.7. The van der Waals surface area contributed by atoms with E-state index in [2.05, 4.69) is 15.3 Å². The van der Waals surface area contributed by atoms with Crippen LogP contribution in [0.1, 0.15) is 29.1 Å². The minimum absolute atomic E-state index is 0.0194. The normalized spacial score (nSPS) is 22.2. The Labute approximate surface area is 151 Å². The molecule has 2 aromatic heterocycles. The molecule has 5 heterocycles. The highest BCUT2D eigenvalue weighted by Gasteiger charge is 2.39. The molecule has 1 N–H and O–H groups in total. The number of nitrogens with zero attached hydrogens (tertiary/aromatic N) is 4. The van der Waals surface area contributed by atoms with Crippen LogP contribution in [-0.4, -0.2) is 57.4 Å². The number of fused-ring (bicyclic) bond motifs is 4. The highest BCUT2D eigenvalue weighted by Crippen LogP contribution is 2.28. The van der Waals surface area contributed by atoms with E-state index in [1.54, 1.807) is 18.5 Å². The average molecular weight is 355 g/mol. The van der Waals surface area contributed by atoms with E-state index < -0.39 is 0 Å². The van der Waals surface area contributed by atoms with Crippen LogP contribution < -0.4 is 5.32 Å². The molecule has 2 aromatic rings. The topological polar surface area (TPSA) is 91.6 Å². The van der Waals surface area contributed by atoms with Gasteiger partial charge in [-0.1, -0.05) is 0 Å². The van der Waals surface area contributed by atoms with Crippen molar-refractivity contribution in [2.24, 2.45) is 5.92 Å². The van der Waals surface area contributed by atoms with Crippen molar-refractivity contribution in [3.63, 3.8) is 0 Å². The lowest BCUT2D eigenvalue weighted by molar-refractivity contribution is 0.0735. The zero-order chi connectivity index (χ0) is 17.9.